The van der Waals surface area contributed by atoms with Crippen LogP contribution in [0.15, 0.2) is 48.5 Å². The van der Waals surface area contributed by atoms with Gasteiger partial charge in [-0.05, 0) is 24.3 Å². The van der Waals surface area contributed by atoms with E-state index in [1.165, 1.54) is 12.1 Å². The van der Waals surface area contributed by atoms with Gasteiger partial charge in [0.15, 0.2) is 17.9 Å². The molecule has 0 saturated heterocycles. The Kier molecular flexibility index (Phi) is 2.96. The highest BCUT2D eigenvalue weighted by Crippen LogP contribution is 2.26. The van der Waals surface area contributed by atoms with Crippen LogP contribution in [0.4, 0.5) is 4.39 Å². The zero-order valence-corrected chi connectivity index (χ0v) is 8.39. The van der Waals surface area contributed by atoms with Crippen LogP contribution in [0.5, 0.6) is 11.5 Å². The molecule has 0 atom stereocenters. The molecule has 0 heterocycles. The monoisotopic (exact) mass is 216 g/mol. The van der Waals surface area contributed by atoms with E-state index in [0.29, 0.717) is 17.6 Å². The second-order valence-corrected chi connectivity index (χ2v) is 3.19. The van der Waals surface area contributed by atoms with Gasteiger partial charge in [-0.15, -0.1) is 0 Å². The molecule has 3 heteroatoms. The van der Waals surface area contributed by atoms with Crippen LogP contribution in [0.1, 0.15) is 10.4 Å². The third-order valence-corrected chi connectivity index (χ3v) is 2.10. The lowest BCUT2D eigenvalue weighted by Gasteiger charge is -2.07. The molecule has 0 bridgehead atoms. The number of hydrogen-bond donors (Lipinski definition) is 0. The van der Waals surface area contributed by atoms with Crippen molar-refractivity contribution in [2.24, 2.45) is 0 Å². The summed E-state index contributed by atoms with van der Waals surface area (Å²) in [7, 11) is 0. The van der Waals surface area contributed by atoms with Crippen molar-refractivity contribution in [3.63, 3.8) is 0 Å². The fourth-order valence-corrected chi connectivity index (χ4v) is 1.32. The van der Waals surface area contributed by atoms with Crippen LogP contribution in [0.25, 0.3) is 0 Å². The summed E-state index contributed by atoms with van der Waals surface area (Å²) in [5.74, 6) is 0.00241. The van der Waals surface area contributed by atoms with E-state index in [1.54, 1.807) is 36.4 Å². The summed E-state index contributed by atoms with van der Waals surface area (Å²) in [5.41, 5.74) is 0.394. The molecular weight excluding hydrogens is 207 g/mol. The molecule has 0 radical (unpaired) electrons. The van der Waals surface area contributed by atoms with Gasteiger partial charge in [0.25, 0.3) is 0 Å². The van der Waals surface area contributed by atoms with Crippen LogP contribution in [0.3, 0.4) is 0 Å². The molecule has 2 rings (SSSR count). The predicted molar refractivity (Wildman–Crippen MR) is 58.3 cm³/mol. The van der Waals surface area contributed by atoms with Crippen molar-refractivity contribution in [1.82, 2.24) is 0 Å². The van der Waals surface area contributed by atoms with E-state index in [-0.39, 0.29) is 5.75 Å². The fourth-order valence-electron chi connectivity index (χ4n) is 1.32. The summed E-state index contributed by atoms with van der Waals surface area (Å²) in [6, 6.07) is 12.7. The number of ether oxygens (including phenoxy) is 1. The molecule has 16 heavy (non-hydrogen) atoms. The molecule has 0 unspecified atom stereocenters. The van der Waals surface area contributed by atoms with Gasteiger partial charge in [-0.1, -0.05) is 24.3 Å². The van der Waals surface area contributed by atoms with E-state index in [0.717, 1.165) is 0 Å². The summed E-state index contributed by atoms with van der Waals surface area (Å²) >= 11 is 0. The molecule has 0 spiro atoms. The highest BCUT2D eigenvalue weighted by Gasteiger charge is 2.06. The van der Waals surface area contributed by atoms with Crippen molar-refractivity contribution in [2.75, 3.05) is 0 Å². The van der Waals surface area contributed by atoms with Gasteiger partial charge in [0, 0.05) is 0 Å². The molecule has 0 aliphatic rings. The minimum absolute atomic E-state index is 0.108. The summed E-state index contributed by atoms with van der Waals surface area (Å²) in [5, 5.41) is 0. The minimum Gasteiger partial charge on any atom is -0.454 e. The highest BCUT2D eigenvalue weighted by atomic mass is 19.1. The van der Waals surface area contributed by atoms with Crippen molar-refractivity contribution >= 4 is 6.29 Å². The second kappa shape index (κ2) is 4.57. The third kappa shape index (κ3) is 2.08. The third-order valence-electron chi connectivity index (χ3n) is 2.10. The average Bonchev–Trinajstić information content (AvgIpc) is 2.33. The number of benzene rings is 2. The first-order valence-corrected chi connectivity index (χ1v) is 4.78. The first-order chi connectivity index (χ1) is 7.81. The van der Waals surface area contributed by atoms with E-state index < -0.39 is 5.82 Å². The van der Waals surface area contributed by atoms with E-state index in [2.05, 4.69) is 0 Å². The zero-order valence-electron chi connectivity index (χ0n) is 8.39. The number of rotatable bonds is 3. The maximum Gasteiger partial charge on any atom is 0.165 e. The van der Waals surface area contributed by atoms with E-state index in [1.807, 2.05) is 0 Å². The molecule has 0 amide bonds. The first kappa shape index (κ1) is 10.4. The van der Waals surface area contributed by atoms with Gasteiger partial charge in [0.1, 0.15) is 5.75 Å². The van der Waals surface area contributed by atoms with Gasteiger partial charge in [-0.25, -0.2) is 4.39 Å². The second-order valence-electron chi connectivity index (χ2n) is 3.19. The van der Waals surface area contributed by atoms with Crippen molar-refractivity contribution in [2.45, 2.75) is 0 Å². The Morgan fingerprint density at radius 3 is 2.25 bits per heavy atom. The van der Waals surface area contributed by atoms with E-state index in [9.17, 15) is 9.18 Å². The van der Waals surface area contributed by atoms with Crippen molar-refractivity contribution < 1.29 is 13.9 Å². The first-order valence-electron chi connectivity index (χ1n) is 4.78. The Hall–Kier alpha value is -2.16. The van der Waals surface area contributed by atoms with Crippen LogP contribution in [-0.2, 0) is 0 Å². The normalized spacial score (nSPS) is 9.81. The van der Waals surface area contributed by atoms with Gasteiger partial charge in [-0.2, -0.15) is 0 Å². The Labute approximate surface area is 92.3 Å². The molecule has 2 nitrogen and oxygen atoms in total. The number of hydrogen-bond acceptors (Lipinski definition) is 2. The summed E-state index contributed by atoms with van der Waals surface area (Å²) in [6.45, 7) is 0. The van der Waals surface area contributed by atoms with Crippen LogP contribution in [-0.4, -0.2) is 6.29 Å². The molecule has 0 fully saturated rings. The summed E-state index contributed by atoms with van der Waals surface area (Å²) in [6.07, 6.45) is 0.677. The molecule has 2 aromatic carbocycles. The zero-order chi connectivity index (χ0) is 11.4. The Balaban J connectivity index is 2.34. The van der Waals surface area contributed by atoms with Crippen LogP contribution >= 0.6 is 0 Å². The van der Waals surface area contributed by atoms with Gasteiger partial charge in [0.05, 0.1) is 5.56 Å². The van der Waals surface area contributed by atoms with Crippen molar-refractivity contribution in [1.29, 1.82) is 0 Å². The molecule has 0 aliphatic carbocycles. The maximum absolute atomic E-state index is 13.3. The molecule has 0 N–H and O–H groups in total. The van der Waals surface area contributed by atoms with E-state index in [4.69, 9.17) is 4.74 Å². The summed E-state index contributed by atoms with van der Waals surface area (Å²) in [4.78, 5) is 10.7. The number of aldehydes is 1. The number of halogens is 1. The van der Waals surface area contributed by atoms with Gasteiger partial charge in [-0.3, -0.25) is 4.79 Å². The SMILES string of the molecule is O=Cc1ccccc1Oc1ccccc1F. The Bertz CT molecular complexity index is 509. The average molecular weight is 216 g/mol. The van der Waals surface area contributed by atoms with E-state index >= 15 is 0 Å². The van der Waals surface area contributed by atoms with Crippen LogP contribution < -0.4 is 4.74 Å². The lowest BCUT2D eigenvalue weighted by atomic mass is 10.2. The quantitative estimate of drug-likeness (QED) is 0.734. The van der Waals surface area contributed by atoms with Crippen molar-refractivity contribution in [3.8, 4) is 11.5 Å². The smallest absolute Gasteiger partial charge is 0.165 e. The molecule has 0 aliphatic heterocycles. The fraction of sp³-hybridized carbons (Fsp3) is 0. The maximum atomic E-state index is 13.3. The Morgan fingerprint density at radius 2 is 1.56 bits per heavy atom. The Morgan fingerprint density at radius 1 is 0.938 bits per heavy atom. The molecule has 80 valence electrons. The lowest BCUT2D eigenvalue weighted by Crippen LogP contribution is -1.91. The standard InChI is InChI=1S/C13H9FO2/c14-11-6-2-4-8-13(11)16-12-7-3-1-5-10(12)9-15/h1-9H. The van der Waals surface area contributed by atoms with Gasteiger partial charge >= 0.3 is 0 Å². The number of para-hydroxylation sites is 2. The number of carbonyl (C=O) groups excluding carboxylic acids is 1. The molecular formula is C13H9FO2. The van der Waals surface area contributed by atoms with Crippen LogP contribution in [0.2, 0.25) is 0 Å². The summed E-state index contributed by atoms with van der Waals surface area (Å²) < 4.78 is 18.6. The lowest BCUT2D eigenvalue weighted by molar-refractivity contribution is 0.112. The van der Waals surface area contributed by atoms with Gasteiger partial charge in [0.2, 0.25) is 0 Å². The van der Waals surface area contributed by atoms with Crippen LogP contribution in [0, 0.1) is 5.82 Å². The topological polar surface area (TPSA) is 26.3 Å². The predicted octanol–water partition coefficient (Wildman–Crippen LogP) is 3.43. The number of carbonyl (C=O) groups is 1. The van der Waals surface area contributed by atoms with Crippen molar-refractivity contribution in [3.05, 3.63) is 59.9 Å². The minimum atomic E-state index is -0.455. The molecule has 2 aromatic rings. The molecule has 0 saturated carbocycles. The highest BCUT2D eigenvalue weighted by molar-refractivity contribution is 5.79. The van der Waals surface area contributed by atoms with Gasteiger partial charge < -0.3 is 4.74 Å². The molecule has 0 aromatic heterocycles. The largest absolute Gasteiger partial charge is 0.454 e.